The van der Waals surface area contributed by atoms with E-state index >= 15 is 0 Å². The summed E-state index contributed by atoms with van der Waals surface area (Å²) in [5.41, 5.74) is 6.32. The van der Waals surface area contributed by atoms with Crippen molar-refractivity contribution in [2.24, 2.45) is 5.73 Å². The monoisotopic (exact) mass is 384 g/mol. The molecule has 1 aromatic rings. The van der Waals surface area contributed by atoms with Gasteiger partial charge in [-0.05, 0) is 36.1 Å². The number of nitrogens with one attached hydrogen (secondary N) is 1. The lowest BCUT2D eigenvalue weighted by Gasteiger charge is -2.28. The lowest BCUT2D eigenvalue weighted by atomic mass is 9.84. The van der Waals surface area contributed by atoms with Crippen LogP contribution < -0.4 is 11.1 Å². The second-order valence-electron chi connectivity index (χ2n) is 5.59. The van der Waals surface area contributed by atoms with Crippen LogP contribution in [0.1, 0.15) is 25.8 Å². The third kappa shape index (κ3) is 6.17. The molecule has 0 bridgehead atoms. The molecule has 1 aromatic carbocycles. The lowest BCUT2D eigenvalue weighted by Crippen LogP contribution is -2.45. The minimum atomic E-state index is -0.477. The summed E-state index contributed by atoms with van der Waals surface area (Å²) >= 11 is 14.1. The summed E-state index contributed by atoms with van der Waals surface area (Å²) in [7, 11) is 0. The van der Waals surface area contributed by atoms with E-state index in [1.807, 2.05) is 20.1 Å². The van der Waals surface area contributed by atoms with Crippen LogP contribution in [0.3, 0.4) is 0 Å². The van der Waals surface area contributed by atoms with E-state index in [0.717, 1.165) is 11.3 Å². The van der Waals surface area contributed by atoms with Gasteiger partial charge in [0.15, 0.2) is 0 Å². The van der Waals surface area contributed by atoms with Crippen LogP contribution in [0.2, 0.25) is 10.0 Å². The quantitative estimate of drug-likeness (QED) is 0.748. The molecule has 126 valence electrons. The van der Waals surface area contributed by atoms with E-state index in [4.69, 9.17) is 28.9 Å². The maximum atomic E-state index is 12.0. The number of carbonyl (C=O) groups is 1. The highest BCUT2D eigenvalue weighted by Gasteiger charge is 2.27. The van der Waals surface area contributed by atoms with Crippen LogP contribution in [0, 0.1) is 0 Å². The minimum Gasteiger partial charge on any atom is -0.354 e. The number of benzene rings is 1. The third-order valence-electron chi connectivity index (χ3n) is 3.31. The maximum absolute atomic E-state index is 12.0. The van der Waals surface area contributed by atoms with Crippen molar-refractivity contribution in [2.75, 3.05) is 18.6 Å². The zero-order valence-electron chi connectivity index (χ0n) is 13.0. The largest absolute Gasteiger partial charge is 0.354 e. The first-order valence-electron chi connectivity index (χ1n) is 6.76. The molecular formula is C15H23Cl3N2OS. The van der Waals surface area contributed by atoms with Gasteiger partial charge in [0.1, 0.15) is 0 Å². The Balaban J connectivity index is 0.00000441. The number of rotatable bonds is 7. The fourth-order valence-corrected chi connectivity index (χ4v) is 3.45. The molecule has 22 heavy (non-hydrogen) atoms. The summed E-state index contributed by atoms with van der Waals surface area (Å²) in [5.74, 6) is 0.731. The van der Waals surface area contributed by atoms with Gasteiger partial charge in [0.2, 0.25) is 5.91 Å². The van der Waals surface area contributed by atoms with Gasteiger partial charge in [-0.1, -0.05) is 43.1 Å². The van der Waals surface area contributed by atoms with Crippen molar-refractivity contribution in [3.63, 3.8) is 0 Å². The van der Waals surface area contributed by atoms with E-state index in [1.54, 1.807) is 30.0 Å². The fourth-order valence-electron chi connectivity index (χ4n) is 2.05. The molecule has 3 nitrogen and oxygen atoms in total. The van der Waals surface area contributed by atoms with Crippen molar-refractivity contribution in [2.45, 2.75) is 31.7 Å². The van der Waals surface area contributed by atoms with Crippen molar-refractivity contribution >= 4 is 53.3 Å². The Labute approximate surface area is 153 Å². The second-order valence-corrected chi connectivity index (χ2v) is 7.39. The van der Waals surface area contributed by atoms with Crippen LogP contribution in [0.5, 0.6) is 0 Å². The average Bonchev–Trinajstić information content (AvgIpc) is 2.41. The van der Waals surface area contributed by atoms with Gasteiger partial charge in [0, 0.05) is 22.0 Å². The number of hydrogen-bond donors (Lipinski definition) is 2. The van der Waals surface area contributed by atoms with Gasteiger partial charge in [0.05, 0.1) is 6.04 Å². The Morgan fingerprint density at radius 1 is 1.36 bits per heavy atom. The molecule has 0 aliphatic rings. The van der Waals surface area contributed by atoms with E-state index in [2.05, 4.69) is 5.32 Å². The Kier molecular flexibility index (Phi) is 9.83. The molecule has 0 radical (unpaired) electrons. The smallest absolute Gasteiger partial charge is 0.236 e. The lowest BCUT2D eigenvalue weighted by molar-refractivity contribution is -0.122. The SMILES string of the molecule is CSCC[C@H](N)C(=O)NCC(C)(C)c1c(Cl)cccc1Cl.Cl. The number of thioether (sulfide) groups is 1. The third-order valence-corrected chi connectivity index (χ3v) is 4.59. The summed E-state index contributed by atoms with van der Waals surface area (Å²) in [6.45, 7) is 4.42. The molecule has 0 saturated carbocycles. The van der Waals surface area contributed by atoms with Crippen molar-refractivity contribution in [1.29, 1.82) is 0 Å². The Morgan fingerprint density at radius 2 is 1.91 bits per heavy atom. The van der Waals surface area contributed by atoms with Gasteiger partial charge in [-0.15, -0.1) is 12.4 Å². The number of hydrogen-bond acceptors (Lipinski definition) is 3. The Morgan fingerprint density at radius 3 is 2.41 bits per heavy atom. The predicted octanol–water partition coefficient (Wildman–Crippen LogP) is 3.89. The molecule has 1 amide bonds. The number of carbonyl (C=O) groups excluding carboxylic acids is 1. The predicted molar refractivity (Wildman–Crippen MR) is 101 cm³/mol. The first kappa shape index (κ1) is 21.9. The molecule has 0 aliphatic heterocycles. The summed E-state index contributed by atoms with van der Waals surface area (Å²) in [5, 5.41) is 4.10. The molecular weight excluding hydrogens is 363 g/mol. The fraction of sp³-hybridized carbons (Fsp3) is 0.533. The van der Waals surface area contributed by atoms with Gasteiger partial charge in [0.25, 0.3) is 0 Å². The second kappa shape index (κ2) is 9.89. The number of nitrogens with two attached hydrogens (primary N) is 1. The number of amides is 1. The summed E-state index contributed by atoms with van der Waals surface area (Å²) in [4.78, 5) is 12.0. The first-order valence-corrected chi connectivity index (χ1v) is 8.91. The van der Waals surface area contributed by atoms with Crippen molar-refractivity contribution in [3.8, 4) is 0 Å². The molecule has 7 heteroatoms. The first-order chi connectivity index (χ1) is 9.79. The minimum absolute atomic E-state index is 0. The van der Waals surface area contributed by atoms with Gasteiger partial charge < -0.3 is 11.1 Å². The van der Waals surface area contributed by atoms with E-state index in [9.17, 15) is 4.79 Å². The molecule has 3 N–H and O–H groups in total. The standard InChI is InChI=1S/C15H22Cl2N2OS.ClH/c1-15(2,13-10(16)5-4-6-11(13)17)9-19-14(20)12(18)7-8-21-3;/h4-6,12H,7-9,18H2,1-3H3,(H,19,20);1H/t12-;/m0./s1. The zero-order chi connectivity index (χ0) is 16.0. The molecule has 0 unspecified atom stereocenters. The van der Waals surface area contributed by atoms with Gasteiger partial charge in [-0.25, -0.2) is 0 Å². The molecule has 0 aromatic heterocycles. The van der Waals surface area contributed by atoms with Crippen molar-refractivity contribution in [3.05, 3.63) is 33.8 Å². The van der Waals surface area contributed by atoms with E-state index in [-0.39, 0.29) is 23.7 Å². The summed E-state index contributed by atoms with van der Waals surface area (Å²) in [6.07, 6.45) is 2.66. The van der Waals surface area contributed by atoms with Gasteiger partial charge >= 0.3 is 0 Å². The molecule has 0 saturated heterocycles. The Hall–Kier alpha value is -0.130. The normalized spacial score (nSPS) is 12.5. The van der Waals surface area contributed by atoms with Crippen LogP contribution in [0.4, 0.5) is 0 Å². The maximum Gasteiger partial charge on any atom is 0.236 e. The number of halogens is 3. The van der Waals surface area contributed by atoms with Crippen LogP contribution in [0.15, 0.2) is 18.2 Å². The zero-order valence-corrected chi connectivity index (χ0v) is 16.1. The molecule has 1 atom stereocenters. The van der Waals surface area contributed by atoms with E-state index in [0.29, 0.717) is 23.0 Å². The van der Waals surface area contributed by atoms with Crippen LogP contribution in [-0.2, 0) is 10.2 Å². The molecule has 0 fully saturated rings. The average molecular weight is 386 g/mol. The summed E-state index contributed by atoms with van der Waals surface area (Å²) < 4.78 is 0. The molecule has 1 rings (SSSR count). The highest BCUT2D eigenvalue weighted by atomic mass is 35.5. The van der Waals surface area contributed by atoms with Gasteiger partial charge in [-0.3, -0.25) is 4.79 Å². The highest BCUT2D eigenvalue weighted by molar-refractivity contribution is 7.98. The topological polar surface area (TPSA) is 55.1 Å². The molecule has 0 spiro atoms. The summed E-state index contributed by atoms with van der Waals surface area (Å²) in [6, 6.07) is 4.93. The van der Waals surface area contributed by atoms with Crippen LogP contribution in [0.25, 0.3) is 0 Å². The van der Waals surface area contributed by atoms with Crippen LogP contribution in [-0.4, -0.2) is 30.5 Å². The van der Waals surface area contributed by atoms with E-state index in [1.165, 1.54) is 0 Å². The Bertz CT molecular complexity index is 477. The van der Waals surface area contributed by atoms with E-state index < -0.39 is 6.04 Å². The van der Waals surface area contributed by atoms with Gasteiger partial charge in [-0.2, -0.15) is 11.8 Å². The highest BCUT2D eigenvalue weighted by Crippen LogP contribution is 2.35. The van der Waals surface area contributed by atoms with Crippen LogP contribution >= 0.6 is 47.4 Å². The van der Waals surface area contributed by atoms with Crippen molar-refractivity contribution < 1.29 is 4.79 Å². The molecule has 0 heterocycles. The molecule has 0 aliphatic carbocycles. The van der Waals surface area contributed by atoms with Crippen molar-refractivity contribution in [1.82, 2.24) is 5.32 Å².